The minimum Gasteiger partial charge on any atom is -0.481 e. The van der Waals surface area contributed by atoms with E-state index in [4.69, 9.17) is 5.11 Å². The van der Waals surface area contributed by atoms with Crippen molar-refractivity contribution in [3.8, 4) is 0 Å². The highest BCUT2D eigenvalue weighted by atomic mass is 19.1. The summed E-state index contributed by atoms with van der Waals surface area (Å²) in [7, 11) is 0. The van der Waals surface area contributed by atoms with Crippen molar-refractivity contribution in [3.63, 3.8) is 0 Å². The van der Waals surface area contributed by atoms with Crippen molar-refractivity contribution < 1.29 is 19.1 Å². The fourth-order valence-electron chi connectivity index (χ4n) is 3.12. The summed E-state index contributed by atoms with van der Waals surface area (Å²) in [6.45, 7) is 0. The van der Waals surface area contributed by atoms with Gasteiger partial charge >= 0.3 is 5.97 Å². The summed E-state index contributed by atoms with van der Waals surface area (Å²) in [4.78, 5) is 23.4. The number of carboxylic acid groups (broad SMARTS) is 1. The van der Waals surface area contributed by atoms with Crippen molar-refractivity contribution in [1.29, 1.82) is 0 Å². The second-order valence-corrected chi connectivity index (χ2v) is 6.40. The quantitative estimate of drug-likeness (QED) is 0.808. The van der Waals surface area contributed by atoms with Crippen molar-refractivity contribution >= 4 is 11.9 Å². The van der Waals surface area contributed by atoms with E-state index in [1.165, 1.54) is 12.1 Å². The van der Waals surface area contributed by atoms with E-state index in [9.17, 15) is 14.0 Å². The van der Waals surface area contributed by atoms with E-state index in [1.54, 1.807) is 12.1 Å². The molecule has 130 valence electrons. The lowest BCUT2D eigenvalue weighted by atomic mass is 10.0. The van der Waals surface area contributed by atoms with Gasteiger partial charge in [-0.1, -0.05) is 42.5 Å². The number of amides is 1. The van der Waals surface area contributed by atoms with Gasteiger partial charge < -0.3 is 10.4 Å². The van der Waals surface area contributed by atoms with Gasteiger partial charge in [-0.25, -0.2) is 4.39 Å². The first kappa shape index (κ1) is 17.1. The number of halogens is 1. The number of carbonyl (C=O) groups excluding carboxylic acids is 1. The molecule has 4 nitrogen and oxygen atoms in total. The molecule has 25 heavy (non-hydrogen) atoms. The van der Waals surface area contributed by atoms with Crippen LogP contribution in [0.3, 0.4) is 0 Å². The average molecular weight is 341 g/mol. The summed E-state index contributed by atoms with van der Waals surface area (Å²) < 4.78 is 13.0. The monoisotopic (exact) mass is 341 g/mol. The van der Waals surface area contributed by atoms with E-state index in [0.717, 1.165) is 17.5 Å². The van der Waals surface area contributed by atoms with E-state index in [1.807, 2.05) is 30.3 Å². The Labute approximate surface area is 145 Å². The zero-order valence-electron chi connectivity index (χ0n) is 13.7. The van der Waals surface area contributed by atoms with Crippen LogP contribution in [-0.2, 0) is 9.59 Å². The van der Waals surface area contributed by atoms with E-state index < -0.39 is 5.97 Å². The van der Waals surface area contributed by atoms with Crippen LogP contribution in [0.25, 0.3) is 0 Å². The summed E-state index contributed by atoms with van der Waals surface area (Å²) in [6, 6.07) is 15.3. The SMILES string of the molecule is O=C(O)CCC(NC(=O)C1CC1c1ccc(F)cc1)c1ccccc1. The lowest BCUT2D eigenvalue weighted by molar-refractivity contribution is -0.137. The van der Waals surface area contributed by atoms with Gasteiger partial charge in [-0.2, -0.15) is 0 Å². The highest BCUT2D eigenvalue weighted by Crippen LogP contribution is 2.47. The number of benzene rings is 2. The number of nitrogens with one attached hydrogen (secondary N) is 1. The second kappa shape index (κ2) is 7.47. The molecule has 2 aromatic rings. The molecule has 1 saturated carbocycles. The Morgan fingerprint density at radius 3 is 2.44 bits per heavy atom. The van der Waals surface area contributed by atoms with E-state index in [0.29, 0.717) is 6.42 Å². The smallest absolute Gasteiger partial charge is 0.303 e. The van der Waals surface area contributed by atoms with Crippen molar-refractivity contribution in [2.24, 2.45) is 5.92 Å². The fourth-order valence-corrected chi connectivity index (χ4v) is 3.12. The summed E-state index contributed by atoms with van der Waals surface area (Å²) in [5.74, 6) is -1.28. The molecular weight excluding hydrogens is 321 g/mol. The molecule has 0 heterocycles. The largest absolute Gasteiger partial charge is 0.481 e. The highest BCUT2D eigenvalue weighted by Gasteiger charge is 2.44. The van der Waals surface area contributed by atoms with Crippen LogP contribution in [0, 0.1) is 11.7 Å². The molecule has 0 spiro atoms. The van der Waals surface area contributed by atoms with E-state index in [-0.39, 0.29) is 36.0 Å². The molecule has 3 unspecified atom stereocenters. The number of aliphatic carboxylic acids is 1. The Morgan fingerprint density at radius 1 is 1.12 bits per heavy atom. The first-order valence-electron chi connectivity index (χ1n) is 8.37. The van der Waals surface area contributed by atoms with Crippen LogP contribution >= 0.6 is 0 Å². The Kier molecular flexibility index (Phi) is 5.12. The van der Waals surface area contributed by atoms with Gasteiger partial charge in [0.25, 0.3) is 0 Å². The van der Waals surface area contributed by atoms with E-state index >= 15 is 0 Å². The Bertz CT molecular complexity index is 745. The van der Waals surface area contributed by atoms with Gasteiger partial charge in [0.05, 0.1) is 6.04 Å². The number of carboxylic acids is 1. The molecule has 1 amide bonds. The van der Waals surface area contributed by atoms with Crippen LogP contribution in [0.1, 0.15) is 42.3 Å². The predicted molar refractivity (Wildman–Crippen MR) is 91.4 cm³/mol. The van der Waals surface area contributed by atoms with Gasteiger partial charge in [-0.05, 0) is 42.0 Å². The molecule has 5 heteroatoms. The first-order valence-corrected chi connectivity index (χ1v) is 8.37. The molecule has 0 radical (unpaired) electrons. The molecule has 3 atom stereocenters. The Hall–Kier alpha value is -2.69. The van der Waals surface area contributed by atoms with Crippen molar-refractivity contribution in [3.05, 3.63) is 71.5 Å². The van der Waals surface area contributed by atoms with Crippen molar-refractivity contribution in [2.75, 3.05) is 0 Å². The molecule has 1 aliphatic carbocycles. The van der Waals surface area contributed by atoms with Crippen LogP contribution in [0.15, 0.2) is 54.6 Å². The number of rotatable bonds is 7. The molecule has 1 aliphatic rings. The minimum absolute atomic E-state index is 0.00804. The molecule has 3 rings (SSSR count). The fraction of sp³-hybridized carbons (Fsp3) is 0.300. The molecule has 1 fully saturated rings. The molecule has 0 saturated heterocycles. The molecular formula is C20H20FNO3. The third-order valence-electron chi connectivity index (χ3n) is 4.59. The van der Waals surface area contributed by atoms with Crippen LogP contribution in [-0.4, -0.2) is 17.0 Å². The number of carbonyl (C=O) groups is 2. The molecule has 0 aliphatic heterocycles. The van der Waals surface area contributed by atoms with Gasteiger partial charge in [0, 0.05) is 12.3 Å². The van der Waals surface area contributed by atoms with Gasteiger partial charge in [-0.15, -0.1) is 0 Å². The maximum Gasteiger partial charge on any atom is 0.303 e. The van der Waals surface area contributed by atoms with Gasteiger partial charge in [0.15, 0.2) is 0 Å². The second-order valence-electron chi connectivity index (χ2n) is 6.40. The number of hydrogen-bond donors (Lipinski definition) is 2. The average Bonchev–Trinajstić information content (AvgIpc) is 3.40. The topological polar surface area (TPSA) is 66.4 Å². The lowest BCUT2D eigenvalue weighted by Gasteiger charge is -2.18. The van der Waals surface area contributed by atoms with Crippen LogP contribution in [0.4, 0.5) is 4.39 Å². The normalized spacial score (nSPS) is 19.9. The van der Waals surface area contributed by atoms with Crippen LogP contribution in [0.2, 0.25) is 0 Å². The summed E-state index contributed by atoms with van der Waals surface area (Å²) >= 11 is 0. The summed E-state index contributed by atoms with van der Waals surface area (Å²) in [5.41, 5.74) is 1.86. The molecule has 2 N–H and O–H groups in total. The Balaban J connectivity index is 1.64. The van der Waals surface area contributed by atoms with Gasteiger partial charge in [0.2, 0.25) is 5.91 Å². The lowest BCUT2D eigenvalue weighted by Crippen LogP contribution is -2.30. The van der Waals surface area contributed by atoms with Crippen LogP contribution in [0.5, 0.6) is 0 Å². The third-order valence-corrected chi connectivity index (χ3v) is 4.59. The zero-order valence-corrected chi connectivity index (χ0v) is 13.7. The van der Waals surface area contributed by atoms with Gasteiger partial charge in [0.1, 0.15) is 5.82 Å². The molecule has 2 aromatic carbocycles. The molecule has 0 aromatic heterocycles. The Morgan fingerprint density at radius 2 is 1.80 bits per heavy atom. The standard InChI is InChI=1S/C20H20FNO3/c21-15-8-6-13(7-9-15)16-12-17(16)20(25)22-18(10-11-19(23)24)14-4-2-1-3-5-14/h1-9,16-18H,10-12H2,(H,22,25)(H,23,24). The summed E-state index contributed by atoms with van der Waals surface area (Å²) in [5, 5.41) is 11.9. The highest BCUT2D eigenvalue weighted by molar-refractivity contribution is 5.83. The third kappa shape index (κ3) is 4.44. The maximum absolute atomic E-state index is 13.0. The van der Waals surface area contributed by atoms with Crippen LogP contribution < -0.4 is 5.32 Å². The summed E-state index contributed by atoms with van der Waals surface area (Å²) in [6.07, 6.45) is 1.07. The zero-order chi connectivity index (χ0) is 17.8. The molecule has 0 bridgehead atoms. The van der Waals surface area contributed by atoms with E-state index in [2.05, 4.69) is 5.32 Å². The van der Waals surface area contributed by atoms with Gasteiger partial charge in [-0.3, -0.25) is 9.59 Å². The van der Waals surface area contributed by atoms with Crippen molar-refractivity contribution in [1.82, 2.24) is 5.32 Å². The first-order chi connectivity index (χ1) is 12.0. The maximum atomic E-state index is 13.0. The number of hydrogen-bond acceptors (Lipinski definition) is 2. The minimum atomic E-state index is -0.884. The predicted octanol–water partition coefficient (Wildman–Crippen LogP) is 3.65. The van der Waals surface area contributed by atoms with Crippen molar-refractivity contribution in [2.45, 2.75) is 31.2 Å².